The average molecular weight is 390 g/mol. The largest absolute Gasteiger partial charge is 0.500 e. The van der Waals surface area contributed by atoms with E-state index in [-0.39, 0.29) is 11.9 Å². The maximum Gasteiger partial charge on any atom is 0.500 e. The van der Waals surface area contributed by atoms with Crippen molar-refractivity contribution >= 4 is 20.7 Å². The second-order valence-corrected chi connectivity index (χ2v) is 8.34. The van der Waals surface area contributed by atoms with E-state index in [4.69, 9.17) is 24.4 Å². The Morgan fingerprint density at radius 2 is 1.54 bits per heavy atom. The van der Waals surface area contributed by atoms with Crippen LogP contribution in [0.2, 0.25) is 6.04 Å². The van der Waals surface area contributed by atoms with Crippen molar-refractivity contribution in [2.24, 2.45) is 0 Å². The number of carbonyl (C=O) groups is 2. The van der Waals surface area contributed by atoms with Crippen molar-refractivity contribution in [2.45, 2.75) is 25.3 Å². The summed E-state index contributed by atoms with van der Waals surface area (Å²) >= 11 is 0. The van der Waals surface area contributed by atoms with Crippen LogP contribution in [0, 0.1) is 12.3 Å². The number of rotatable bonds is 15. The van der Waals surface area contributed by atoms with Gasteiger partial charge in [0, 0.05) is 59.8 Å². The van der Waals surface area contributed by atoms with Crippen LogP contribution in [0.3, 0.4) is 0 Å². The number of ether oxygens (including phenoxy) is 1. The van der Waals surface area contributed by atoms with Crippen LogP contribution < -0.4 is 16.0 Å². The molecular formula is C16H31N3O6Si. The Hall–Kier alpha value is -1.64. The number of hydrogen-bond acceptors (Lipinski definition) is 6. The molecular weight excluding hydrogens is 358 g/mol. The molecule has 0 aromatic rings. The SMILES string of the molecule is C#CCCC(=O)NCCOCCNC(=O)NCCC[Si](OC)(OC)OC. The molecule has 0 fully saturated rings. The molecule has 150 valence electrons. The summed E-state index contributed by atoms with van der Waals surface area (Å²) < 4.78 is 21.2. The van der Waals surface area contributed by atoms with E-state index in [2.05, 4.69) is 21.9 Å². The first-order chi connectivity index (χ1) is 12.5. The van der Waals surface area contributed by atoms with Gasteiger partial charge in [-0.2, -0.15) is 0 Å². The minimum Gasteiger partial charge on any atom is -0.378 e. The molecule has 0 atom stereocenters. The van der Waals surface area contributed by atoms with Crippen LogP contribution in [0.15, 0.2) is 0 Å². The van der Waals surface area contributed by atoms with Crippen molar-refractivity contribution in [1.29, 1.82) is 0 Å². The molecule has 9 nitrogen and oxygen atoms in total. The van der Waals surface area contributed by atoms with E-state index in [9.17, 15) is 9.59 Å². The molecule has 0 rings (SSSR count). The molecule has 26 heavy (non-hydrogen) atoms. The van der Waals surface area contributed by atoms with Crippen molar-refractivity contribution in [3.05, 3.63) is 0 Å². The monoisotopic (exact) mass is 389 g/mol. The Morgan fingerprint density at radius 1 is 0.962 bits per heavy atom. The van der Waals surface area contributed by atoms with Crippen LogP contribution >= 0.6 is 0 Å². The van der Waals surface area contributed by atoms with Gasteiger partial charge < -0.3 is 34.0 Å². The van der Waals surface area contributed by atoms with Crippen LogP contribution in [0.5, 0.6) is 0 Å². The molecule has 3 N–H and O–H groups in total. The lowest BCUT2D eigenvalue weighted by molar-refractivity contribution is -0.121. The first-order valence-electron chi connectivity index (χ1n) is 8.48. The fourth-order valence-electron chi connectivity index (χ4n) is 2.00. The number of carbonyl (C=O) groups excluding carboxylic acids is 2. The smallest absolute Gasteiger partial charge is 0.378 e. The van der Waals surface area contributed by atoms with Gasteiger partial charge >= 0.3 is 14.8 Å². The number of amides is 3. The summed E-state index contributed by atoms with van der Waals surface area (Å²) in [5.41, 5.74) is 0. The predicted octanol–water partition coefficient (Wildman–Crippen LogP) is 0.100. The van der Waals surface area contributed by atoms with Gasteiger partial charge in [0.1, 0.15) is 0 Å². The van der Waals surface area contributed by atoms with Crippen molar-refractivity contribution in [1.82, 2.24) is 16.0 Å². The molecule has 0 saturated heterocycles. The van der Waals surface area contributed by atoms with E-state index in [1.165, 1.54) is 0 Å². The highest BCUT2D eigenvalue weighted by atomic mass is 28.4. The van der Waals surface area contributed by atoms with Crippen molar-refractivity contribution in [2.75, 3.05) is 54.2 Å². The Bertz CT molecular complexity index is 432. The van der Waals surface area contributed by atoms with Gasteiger partial charge in [-0.1, -0.05) is 0 Å². The van der Waals surface area contributed by atoms with E-state index < -0.39 is 8.80 Å². The maximum atomic E-state index is 11.6. The predicted molar refractivity (Wildman–Crippen MR) is 99.5 cm³/mol. The zero-order valence-corrected chi connectivity index (χ0v) is 16.9. The minimum atomic E-state index is -2.58. The van der Waals surface area contributed by atoms with Crippen LogP contribution in [-0.4, -0.2) is 74.9 Å². The van der Waals surface area contributed by atoms with Crippen molar-refractivity contribution in [3.63, 3.8) is 0 Å². The van der Waals surface area contributed by atoms with Gasteiger partial charge in [-0.25, -0.2) is 4.79 Å². The first kappa shape index (κ1) is 24.4. The highest BCUT2D eigenvalue weighted by molar-refractivity contribution is 6.60. The Balaban J connectivity index is 3.55. The molecule has 0 saturated carbocycles. The van der Waals surface area contributed by atoms with Gasteiger partial charge in [0.25, 0.3) is 0 Å². The second kappa shape index (κ2) is 15.6. The number of terminal acetylenes is 1. The highest BCUT2D eigenvalue weighted by Gasteiger charge is 2.36. The highest BCUT2D eigenvalue weighted by Crippen LogP contribution is 2.14. The molecule has 0 unspecified atom stereocenters. The maximum absolute atomic E-state index is 11.6. The summed E-state index contributed by atoms with van der Waals surface area (Å²) in [4.78, 5) is 22.9. The van der Waals surface area contributed by atoms with E-state index >= 15 is 0 Å². The van der Waals surface area contributed by atoms with Gasteiger partial charge in [-0.05, 0) is 6.42 Å². The zero-order chi connectivity index (χ0) is 19.7. The van der Waals surface area contributed by atoms with E-state index in [0.29, 0.717) is 58.2 Å². The summed E-state index contributed by atoms with van der Waals surface area (Å²) in [7, 11) is 2.09. The fraction of sp³-hybridized carbons (Fsp3) is 0.750. The van der Waals surface area contributed by atoms with Gasteiger partial charge in [0.2, 0.25) is 5.91 Å². The molecule has 0 spiro atoms. The quantitative estimate of drug-likeness (QED) is 0.208. The van der Waals surface area contributed by atoms with Crippen LogP contribution in [0.4, 0.5) is 4.79 Å². The molecule has 0 aliphatic heterocycles. The molecule has 0 aliphatic rings. The first-order valence-corrected chi connectivity index (χ1v) is 10.4. The van der Waals surface area contributed by atoms with Crippen LogP contribution in [0.1, 0.15) is 19.3 Å². The summed E-state index contributed by atoms with van der Waals surface area (Å²) in [6, 6.07) is 0.350. The lowest BCUT2D eigenvalue weighted by atomic mass is 10.3. The number of urea groups is 1. The van der Waals surface area contributed by atoms with Gasteiger partial charge in [0.15, 0.2) is 0 Å². The molecule has 0 radical (unpaired) electrons. The number of hydrogen-bond donors (Lipinski definition) is 3. The molecule has 0 bridgehead atoms. The summed E-state index contributed by atoms with van der Waals surface area (Å²) in [5.74, 6) is 2.32. The third kappa shape index (κ3) is 11.8. The molecule has 10 heteroatoms. The topological polar surface area (TPSA) is 107 Å². The molecule has 0 heterocycles. The summed E-state index contributed by atoms with van der Waals surface area (Å²) in [6.45, 7) is 2.02. The van der Waals surface area contributed by atoms with E-state index in [1.807, 2.05) is 0 Å². The molecule has 0 aliphatic carbocycles. The lowest BCUT2D eigenvalue weighted by Crippen LogP contribution is -2.44. The van der Waals surface area contributed by atoms with E-state index in [1.54, 1.807) is 21.3 Å². The van der Waals surface area contributed by atoms with Gasteiger partial charge in [-0.15, -0.1) is 12.3 Å². The number of nitrogens with one attached hydrogen (secondary N) is 3. The third-order valence-electron chi connectivity index (χ3n) is 3.48. The minimum absolute atomic E-state index is 0.0912. The Morgan fingerprint density at radius 3 is 2.12 bits per heavy atom. The molecule has 3 amide bonds. The van der Waals surface area contributed by atoms with Crippen molar-refractivity contribution < 1.29 is 27.6 Å². The second-order valence-electron chi connectivity index (χ2n) is 5.25. The van der Waals surface area contributed by atoms with Gasteiger partial charge in [-0.3, -0.25) is 4.79 Å². The Kier molecular flexibility index (Phi) is 14.6. The lowest BCUT2D eigenvalue weighted by Gasteiger charge is -2.24. The average Bonchev–Trinajstić information content (AvgIpc) is 2.66. The molecule has 0 aromatic carbocycles. The van der Waals surface area contributed by atoms with E-state index in [0.717, 1.165) is 0 Å². The summed E-state index contributed by atoms with van der Waals surface area (Å²) in [6.07, 6.45) is 6.51. The van der Waals surface area contributed by atoms with Crippen LogP contribution in [0.25, 0.3) is 0 Å². The fourth-order valence-corrected chi connectivity index (χ4v) is 3.72. The van der Waals surface area contributed by atoms with Crippen molar-refractivity contribution in [3.8, 4) is 12.3 Å². The van der Waals surface area contributed by atoms with Gasteiger partial charge in [0.05, 0.1) is 13.2 Å². The van der Waals surface area contributed by atoms with Crippen LogP contribution in [-0.2, 0) is 22.8 Å². The standard InChI is InChI=1S/C16H31N3O6Si/c1-5-6-8-15(20)17-10-12-25-13-11-19-16(21)18-9-7-14-26(22-2,23-3)24-4/h1H,6-14H2,2-4H3,(H,17,20)(H2,18,19,21). The normalized spacial score (nSPS) is 10.8. The summed E-state index contributed by atoms with van der Waals surface area (Å²) in [5, 5.41) is 8.12. The Labute approximate surface area is 156 Å². The third-order valence-corrected chi connectivity index (χ3v) is 6.31. The molecule has 0 aromatic heterocycles. The zero-order valence-electron chi connectivity index (χ0n) is 15.9.